The number of methoxy groups -OCH3 is 1. The Morgan fingerprint density at radius 2 is 1.59 bits per heavy atom. The van der Waals surface area contributed by atoms with Crippen LogP contribution in [0.4, 0.5) is 18.0 Å². The summed E-state index contributed by atoms with van der Waals surface area (Å²) in [5.74, 6) is -0.451. The van der Waals surface area contributed by atoms with Crippen LogP contribution >= 0.6 is 0 Å². The van der Waals surface area contributed by atoms with E-state index in [9.17, 15) is 22.8 Å². The standard InChI is InChI=1S/C31H31F3N6O4/c1-18(40-27(41)26-13-25(38-17-39-26)22-15-35-28(43-5)36-16-22)19-6-8-20(9-7-19)24-12-23(31(32,33)34)11-10-21(24)14-37-29(42)44-30(2,3)4/h6-13,15-18H,14H2,1-5H3,(H,37,42)(H,40,41)/t18-/m1/s1. The molecule has 0 unspecified atom stereocenters. The molecule has 230 valence electrons. The van der Waals surface area contributed by atoms with Crippen LogP contribution in [0.5, 0.6) is 6.01 Å². The molecule has 0 saturated carbocycles. The van der Waals surface area contributed by atoms with Gasteiger partial charge in [0.2, 0.25) is 0 Å². The second-order valence-electron chi connectivity index (χ2n) is 10.8. The lowest BCUT2D eigenvalue weighted by atomic mass is 9.95. The van der Waals surface area contributed by atoms with E-state index in [-0.39, 0.29) is 18.2 Å². The van der Waals surface area contributed by atoms with Gasteiger partial charge in [-0.2, -0.15) is 13.2 Å². The Kier molecular flexibility index (Phi) is 9.46. The number of halogens is 3. The molecular weight excluding hydrogens is 577 g/mol. The van der Waals surface area contributed by atoms with E-state index < -0.39 is 35.4 Å². The van der Waals surface area contributed by atoms with E-state index in [1.807, 2.05) is 0 Å². The minimum absolute atomic E-state index is 0.0415. The number of aromatic nitrogens is 4. The predicted octanol–water partition coefficient (Wildman–Crippen LogP) is 6.14. The summed E-state index contributed by atoms with van der Waals surface area (Å²) in [6.07, 6.45) is -0.937. The molecule has 2 amide bonds. The second-order valence-corrected chi connectivity index (χ2v) is 10.8. The number of alkyl halides is 3. The van der Waals surface area contributed by atoms with Crippen molar-refractivity contribution in [3.05, 3.63) is 89.6 Å². The van der Waals surface area contributed by atoms with Gasteiger partial charge in [0.1, 0.15) is 17.6 Å². The number of ether oxygens (including phenoxy) is 2. The number of rotatable bonds is 8. The maximum absolute atomic E-state index is 13.5. The highest BCUT2D eigenvalue weighted by atomic mass is 19.4. The Balaban J connectivity index is 1.51. The topological polar surface area (TPSA) is 128 Å². The first-order valence-corrected chi connectivity index (χ1v) is 13.5. The first kappa shape index (κ1) is 31.9. The highest BCUT2D eigenvalue weighted by Crippen LogP contribution is 2.34. The maximum Gasteiger partial charge on any atom is 0.416 e. The van der Waals surface area contributed by atoms with E-state index in [4.69, 9.17) is 9.47 Å². The van der Waals surface area contributed by atoms with Gasteiger partial charge < -0.3 is 20.1 Å². The minimum Gasteiger partial charge on any atom is -0.467 e. The number of hydrogen-bond acceptors (Lipinski definition) is 8. The number of alkyl carbamates (subject to hydrolysis) is 1. The third-order valence-electron chi connectivity index (χ3n) is 6.33. The fourth-order valence-electron chi connectivity index (χ4n) is 4.16. The van der Waals surface area contributed by atoms with Gasteiger partial charge in [-0.05, 0) is 68.1 Å². The van der Waals surface area contributed by atoms with E-state index in [2.05, 4.69) is 30.6 Å². The van der Waals surface area contributed by atoms with Crippen LogP contribution in [-0.4, -0.2) is 44.6 Å². The number of nitrogens with zero attached hydrogens (tertiary/aromatic N) is 4. The molecule has 2 aromatic heterocycles. The summed E-state index contributed by atoms with van der Waals surface area (Å²) < 4.78 is 50.8. The quantitative estimate of drug-likeness (QED) is 0.244. The highest BCUT2D eigenvalue weighted by molar-refractivity contribution is 5.93. The Morgan fingerprint density at radius 1 is 0.909 bits per heavy atom. The lowest BCUT2D eigenvalue weighted by molar-refractivity contribution is -0.137. The molecule has 0 aliphatic heterocycles. The Bertz CT molecular complexity index is 1620. The number of carbonyl (C=O) groups excluding carboxylic acids is 2. The van der Waals surface area contributed by atoms with Crippen molar-refractivity contribution in [1.29, 1.82) is 0 Å². The fraction of sp³-hybridized carbons (Fsp3) is 0.290. The smallest absolute Gasteiger partial charge is 0.416 e. The van der Waals surface area contributed by atoms with Crippen molar-refractivity contribution in [3.8, 4) is 28.4 Å². The van der Waals surface area contributed by atoms with Crippen LogP contribution in [0.1, 0.15) is 60.9 Å². The highest BCUT2D eigenvalue weighted by Gasteiger charge is 2.31. The van der Waals surface area contributed by atoms with Gasteiger partial charge >= 0.3 is 18.3 Å². The maximum atomic E-state index is 13.5. The zero-order chi connectivity index (χ0) is 32.1. The summed E-state index contributed by atoms with van der Waals surface area (Å²) in [6, 6.07) is 11.4. The van der Waals surface area contributed by atoms with Gasteiger partial charge in [-0.15, -0.1) is 0 Å². The van der Waals surface area contributed by atoms with Gasteiger partial charge in [0, 0.05) is 24.5 Å². The normalized spacial score (nSPS) is 12.3. The zero-order valence-corrected chi connectivity index (χ0v) is 24.7. The number of hydrogen-bond donors (Lipinski definition) is 2. The van der Waals surface area contributed by atoms with Crippen LogP contribution in [-0.2, 0) is 17.5 Å². The molecule has 2 heterocycles. The van der Waals surface area contributed by atoms with Gasteiger partial charge in [0.05, 0.1) is 24.4 Å². The van der Waals surface area contributed by atoms with E-state index in [0.717, 1.165) is 12.1 Å². The van der Waals surface area contributed by atoms with E-state index in [1.54, 1.807) is 52.0 Å². The fourth-order valence-corrected chi connectivity index (χ4v) is 4.16. The zero-order valence-electron chi connectivity index (χ0n) is 24.7. The Morgan fingerprint density at radius 3 is 2.20 bits per heavy atom. The van der Waals surface area contributed by atoms with E-state index >= 15 is 0 Å². The number of amides is 2. The van der Waals surface area contributed by atoms with Gasteiger partial charge in [0.15, 0.2) is 0 Å². The second kappa shape index (κ2) is 13.1. The molecule has 44 heavy (non-hydrogen) atoms. The molecule has 2 aromatic carbocycles. The van der Waals surface area contributed by atoms with Crippen molar-refractivity contribution in [1.82, 2.24) is 30.6 Å². The van der Waals surface area contributed by atoms with Crippen molar-refractivity contribution in [2.45, 2.75) is 52.1 Å². The lowest BCUT2D eigenvalue weighted by Gasteiger charge is -2.20. The molecule has 0 fully saturated rings. The van der Waals surface area contributed by atoms with E-state index in [0.29, 0.717) is 33.5 Å². The van der Waals surface area contributed by atoms with Crippen LogP contribution in [0.15, 0.2) is 67.3 Å². The number of benzene rings is 2. The van der Waals surface area contributed by atoms with Crippen molar-refractivity contribution >= 4 is 12.0 Å². The molecule has 10 nitrogen and oxygen atoms in total. The first-order valence-electron chi connectivity index (χ1n) is 13.5. The summed E-state index contributed by atoms with van der Waals surface area (Å²) >= 11 is 0. The molecule has 0 radical (unpaired) electrons. The van der Waals surface area contributed by atoms with Crippen LogP contribution in [0.2, 0.25) is 0 Å². The Hall–Kier alpha value is -5.07. The van der Waals surface area contributed by atoms with Crippen LogP contribution < -0.4 is 15.4 Å². The molecule has 4 rings (SSSR count). The molecule has 1 atom stereocenters. The lowest BCUT2D eigenvalue weighted by Crippen LogP contribution is -2.32. The van der Waals surface area contributed by atoms with Crippen molar-refractivity contribution in [2.24, 2.45) is 0 Å². The van der Waals surface area contributed by atoms with Gasteiger partial charge in [-0.1, -0.05) is 30.3 Å². The van der Waals surface area contributed by atoms with Gasteiger partial charge in [0.25, 0.3) is 5.91 Å². The third-order valence-corrected chi connectivity index (χ3v) is 6.33. The van der Waals surface area contributed by atoms with Gasteiger partial charge in [-0.3, -0.25) is 4.79 Å². The van der Waals surface area contributed by atoms with Crippen LogP contribution in [0.3, 0.4) is 0 Å². The van der Waals surface area contributed by atoms with Crippen LogP contribution in [0.25, 0.3) is 22.4 Å². The summed E-state index contributed by atoms with van der Waals surface area (Å²) in [4.78, 5) is 41.5. The summed E-state index contributed by atoms with van der Waals surface area (Å²) in [5, 5.41) is 5.47. The summed E-state index contributed by atoms with van der Waals surface area (Å²) in [5.41, 5.74) is 1.58. The van der Waals surface area contributed by atoms with Gasteiger partial charge in [-0.25, -0.2) is 24.7 Å². The SMILES string of the molecule is COc1ncc(-c2cc(C(=O)N[C@H](C)c3ccc(-c4cc(C(F)(F)F)ccc4CNC(=O)OC(C)(C)C)cc3)ncn2)cn1. The number of carbonyl (C=O) groups is 2. The molecule has 0 saturated heterocycles. The van der Waals surface area contributed by atoms with Crippen molar-refractivity contribution in [2.75, 3.05) is 7.11 Å². The molecular formula is C31H31F3N6O4. The minimum atomic E-state index is -4.55. The third kappa shape index (κ3) is 8.27. The average Bonchev–Trinajstić information content (AvgIpc) is 2.99. The number of nitrogens with one attached hydrogen (secondary N) is 2. The largest absolute Gasteiger partial charge is 0.467 e. The molecule has 0 aliphatic carbocycles. The molecule has 13 heteroatoms. The molecule has 4 aromatic rings. The summed E-state index contributed by atoms with van der Waals surface area (Å²) in [7, 11) is 1.45. The van der Waals surface area contributed by atoms with Crippen LogP contribution in [0, 0.1) is 0 Å². The van der Waals surface area contributed by atoms with Crippen molar-refractivity contribution < 1.29 is 32.2 Å². The Labute approximate surface area is 252 Å². The average molecular weight is 609 g/mol. The first-order chi connectivity index (χ1) is 20.7. The summed E-state index contributed by atoms with van der Waals surface area (Å²) in [6.45, 7) is 6.87. The molecule has 0 bridgehead atoms. The van der Waals surface area contributed by atoms with E-state index in [1.165, 1.54) is 38.0 Å². The molecule has 0 spiro atoms. The van der Waals surface area contributed by atoms with Crippen molar-refractivity contribution in [3.63, 3.8) is 0 Å². The predicted molar refractivity (Wildman–Crippen MR) is 155 cm³/mol. The molecule has 2 N–H and O–H groups in total. The monoisotopic (exact) mass is 608 g/mol. The molecule has 0 aliphatic rings.